The fraction of sp³-hybridized carbons (Fsp3) is 0.0625. The van der Waals surface area contributed by atoms with E-state index in [1.54, 1.807) is 36.4 Å². The van der Waals surface area contributed by atoms with Gasteiger partial charge in [0.25, 0.3) is 0 Å². The second-order valence-corrected chi connectivity index (χ2v) is 6.44. The molecule has 1 heterocycles. The van der Waals surface area contributed by atoms with Crippen LogP contribution in [0.2, 0.25) is 5.02 Å². The number of halogens is 1. The molecule has 0 aliphatic carbocycles. The number of carbonyl (C=O) groups is 2. The minimum atomic E-state index is -0.381. The molecule has 3 amide bonds. The minimum Gasteiger partial charge on any atom is -0.308 e. The standard InChI is InChI=1S/C16H13ClN4O2S/c1-9(22)18-16-21-13-8-12(5-6-14(13)24-16)20-15(23)19-11-4-2-3-10(17)7-11/h2-8H,1H3,(H,18,21,22)(H2,19,20,23). The Kier molecular flexibility index (Phi) is 4.64. The summed E-state index contributed by atoms with van der Waals surface area (Å²) in [5.41, 5.74) is 1.90. The van der Waals surface area contributed by atoms with Gasteiger partial charge in [-0.1, -0.05) is 29.0 Å². The highest BCUT2D eigenvalue weighted by molar-refractivity contribution is 7.22. The smallest absolute Gasteiger partial charge is 0.308 e. The van der Waals surface area contributed by atoms with E-state index in [4.69, 9.17) is 11.6 Å². The third-order valence-corrected chi connectivity index (χ3v) is 4.20. The maximum atomic E-state index is 12.0. The zero-order chi connectivity index (χ0) is 17.1. The predicted molar refractivity (Wildman–Crippen MR) is 98.0 cm³/mol. The largest absolute Gasteiger partial charge is 0.323 e. The topological polar surface area (TPSA) is 83.1 Å². The SMILES string of the molecule is CC(=O)Nc1nc2cc(NC(=O)Nc3cccc(Cl)c3)ccc2s1. The van der Waals surface area contributed by atoms with E-state index in [0.717, 1.165) is 4.70 Å². The second-order valence-electron chi connectivity index (χ2n) is 4.97. The van der Waals surface area contributed by atoms with Gasteiger partial charge in [-0.3, -0.25) is 4.79 Å². The van der Waals surface area contributed by atoms with E-state index in [9.17, 15) is 9.59 Å². The van der Waals surface area contributed by atoms with Crippen molar-refractivity contribution in [2.45, 2.75) is 6.92 Å². The Morgan fingerprint density at radius 2 is 1.79 bits per heavy atom. The van der Waals surface area contributed by atoms with Crippen LogP contribution in [0.4, 0.5) is 21.3 Å². The molecule has 122 valence electrons. The summed E-state index contributed by atoms with van der Waals surface area (Å²) in [6.07, 6.45) is 0. The van der Waals surface area contributed by atoms with Gasteiger partial charge in [0.15, 0.2) is 5.13 Å². The average Bonchev–Trinajstić information content (AvgIpc) is 2.87. The molecular weight excluding hydrogens is 348 g/mol. The van der Waals surface area contributed by atoms with E-state index in [1.165, 1.54) is 18.3 Å². The first kappa shape index (κ1) is 16.2. The number of nitrogens with one attached hydrogen (secondary N) is 3. The number of nitrogens with zero attached hydrogens (tertiary/aromatic N) is 1. The molecule has 3 rings (SSSR count). The van der Waals surface area contributed by atoms with E-state index in [2.05, 4.69) is 20.9 Å². The monoisotopic (exact) mass is 360 g/mol. The minimum absolute atomic E-state index is 0.173. The summed E-state index contributed by atoms with van der Waals surface area (Å²) in [7, 11) is 0. The van der Waals surface area contributed by atoms with E-state index in [-0.39, 0.29) is 11.9 Å². The zero-order valence-electron chi connectivity index (χ0n) is 12.6. The molecule has 0 bridgehead atoms. The van der Waals surface area contributed by atoms with E-state index in [1.807, 2.05) is 6.07 Å². The highest BCUT2D eigenvalue weighted by Gasteiger charge is 2.08. The molecule has 6 nitrogen and oxygen atoms in total. The molecule has 0 fully saturated rings. The lowest BCUT2D eigenvalue weighted by Gasteiger charge is -2.07. The summed E-state index contributed by atoms with van der Waals surface area (Å²) in [4.78, 5) is 27.4. The van der Waals surface area contributed by atoms with Crippen molar-refractivity contribution in [2.24, 2.45) is 0 Å². The molecule has 1 aromatic heterocycles. The molecule has 3 aromatic rings. The molecule has 8 heteroatoms. The van der Waals surface area contributed by atoms with E-state index < -0.39 is 0 Å². The van der Waals surface area contributed by atoms with Gasteiger partial charge in [-0.15, -0.1) is 0 Å². The molecule has 0 radical (unpaired) electrons. The fourth-order valence-corrected chi connectivity index (χ4v) is 3.15. The summed E-state index contributed by atoms with van der Waals surface area (Å²) in [6, 6.07) is 11.9. The van der Waals surface area contributed by atoms with Crippen molar-refractivity contribution in [1.29, 1.82) is 0 Å². The molecular formula is C16H13ClN4O2S. The number of aromatic nitrogens is 1. The second kappa shape index (κ2) is 6.86. The maximum Gasteiger partial charge on any atom is 0.323 e. The molecule has 24 heavy (non-hydrogen) atoms. The van der Waals surface area contributed by atoms with Gasteiger partial charge in [-0.2, -0.15) is 0 Å². The van der Waals surface area contributed by atoms with Crippen molar-refractivity contribution in [3.63, 3.8) is 0 Å². The van der Waals surface area contributed by atoms with Gasteiger partial charge in [-0.25, -0.2) is 9.78 Å². The van der Waals surface area contributed by atoms with Gasteiger partial charge < -0.3 is 16.0 Å². The molecule has 0 atom stereocenters. The first-order chi connectivity index (χ1) is 11.5. The van der Waals surface area contributed by atoms with Gasteiger partial charge in [0.05, 0.1) is 10.2 Å². The summed E-state index contributed by atoms with van der Waals surface area (Å²) in [5.74, 6) is -0.173. The Morgan fingerprint density at radius 1 is 1.04 bits per heavy atom. The van der Waals surface area contributed by atoms with Crippen LogP contribution in [0.15, 0.2) is 42.5 Å². The molecule has 2 aromatic carbocycles. The number of fused-ring (bicyclic) bond motifs is 1. The van der Waals surface area contributed by atoms with Crippen LogP contribution in [0.5, 0.6) is 0 Å². The Labute approximate surface area is 146 Å². The van der Waals surface area contributed by atoms with Crippen molar-refractivity contribution in [1.82, 2.24) is 4.98 Å². The number of benzene rings is 2. The number of anilines is 3. The van der Waals surface area contributed by atoms with Crippen LogP contribution in [-0.2, 0) is 4.79 Å². The number of carbonyl (C=O) groups excluding carboxylic acids is 2. The predicted octanol–water partition coefficient (Wildman–Crippen LogP) is 4.55. The summed E-state index contributed by atoms with van der Waals surface area (Å²) in [6.45, 7) is 1.43. The zero-order valence-corrected chi connectivity index (χ0v) is 14.2. The normalized spacial score (nSPS) is 10.4. The van der Waals surface area contributed by atoms with Crippen LogP contribution in [0.1, 0.15) is 6.92 Å². The van der Waals surface area contributed by atoms with Crippen molar-refractivity contribution in [3.05, 3.63) is 47.5 Å². The van der Waals surface area contributed by atoms with Crippen molar-refractivity contribution in [2.75, 3.05) is 16.0 Å². The van der Waals surface area contributed by atoms with Gasteiger partial charge in [-0.05, 0) is 36.4 Å². The third kappa shape index (κ3) is 4.01. The van der Waals surface area contributed by atoms with Crippen molar-refractivity contribution >= 4 is 61.6 Å². The first-order valence-electron chi connectivity index (χ1n) is 7.01. The number of urea groups is 1. The van der Waals surface area contributed by atoms with Crippen LogP contribution >= 0.6 is 22.9 Å². The van der Waals surface area contributed by atoms with Gasteiger partial charge in [0.2, 0.25) is 5.91 Å². The van der Waals surface area contributed by atoms with Crippen LogP contribution in [-0.4, -0.2) is 16.9 Å². The maximum absolute atomic E-state index is 12.0. The molecule has 0 aliphatic heterocycles. The van der Waals surface area contributed by atoms with Gasteiger partial charge >= 0.3 is 6.03 Å². The van der Waals surface area contributed by atoms with Crippen LogP contribution in [0.3, 0.4) is 0 Å². The van der Waals surface area contributed by atoms with Crippen LogP contribution < -0.4 is 16.0 Å². The van der Waals surface area contributed by atoms with Crippen molar-refractivity contribution < 1.29 is 9.59 Å². The summed E-state index contributed by atoms with van der Waals surface area (Å²) in [5, 5.41) is 9.16. The van der Waals surface area contributed by atoms with Crippen molar-refractivity contribution in [3.8, 4) is 0 Å². The number of thiazole rings is 1. The molecule has 0 saturated carbocycles. The molecule has 0 aliphatic rings. The average molecular weight is 361 g/mol. The molecule has 0 spiro atoms. The lowest BCUT2D eigenvalue weighted by Crippen LogP contribution is -2.19. The highest BCUT2D eigenvalue weighted by Crippen LogP contribution is 2.28. The quantitative estimate of drug-likeness (QED) is 0.640. The number of hydrogen-bond acceptors (Lipinski definition) is 4. The van der Waals surface area contributed by atoms with Gasteiger partial charge in [0, 0.05) is 23.3 Å². The third-order valence-electron chi connectivity index (χ3n) is 3.01. The first-order valence-corrected chi connectivity index (χ1v) is 8.21. The Hall–Kier alpha value is -2.64. The van der Waals surface area contributed by atoms with Crippen LogP contribution in [0, 0.1) is 0 Å². The highest BCUT2D eigenvalue weighted by atomic mass is 35.5. The Bertz CT molecular complexity index is 925. The van der Waals surface area contributed by atoms with Gasteiger partial charge in [0.1, 0.15) is 0 Å². The summed E-state index contributed by atoms with van der Waals surface area (Å²) >= 11 is 7.25. The number of amides is 3. The lowest BCUT2D eigenvalue weighted by molar-refractivity contribution is -0.114. The lowest BCUT2D eigenvalue weighted by atomic mass is 10.3. The summed E-state index contributed by atoms with van der Waals surface area (Å²) < 4.78 is 0.916. The Morgan fingerprint density at radius 3 is 2.50 bits per heavy atom. The number of hydrogen-bond donors (Lipinski definition) is 3. The Balaban J connectivity index is 1.72. The fourth-order valence-electron chi connectivity index (χ4n) is 2.07. The molecule has 0 saturated heterocycles. The van der Waals surface area contributed by atoms with Crippen LogP contribution in [0.25, 0.3) is 10.2 Å². The van der Waals surface area contributed by atoms with E-state index >= 15 is 0 Å². The molecule has 3 N–H and O–H groups in total. The molecule has 0 unspecified atom stereocenters. The van der Waals surface area contributed by atoms with E-state index in [0.29, 0.717) is 27.0 Å². The number of rotatable bonds is 3.